The molecular formula is C20H24N2O3S. The summed E-state index contributed by atoms with van der Waals surface area (Å²) in [6.07, 6.45) is 1.15. The standard InChI is InChI=1S/C20H24N2O3S/c1-5-14-6-8-15(9-7-14)18-17(19(24)25-12(2)3)13(4)21-20-22(18)16(23)10-11-26-20/h6-9,12,18H,5,10-11H2,1-4H3. The molecule has 1 aromatic carbocycles. The number of hydrogen-bond acceptors (Lipinski definition) is 5. The van der Waals surface area contributed by atoms with Gasteiger partial charge in [0.15, 0.2) is 5.17 Å². The zero-order valence-electron chi connectivity index (χ0n) is 15.6. The van der Waals surface area contributed by atoms with E-state index in [9.17, 15) is 9.59 Å². The summed E-state index contributed by atoms with van der Waals surface area (Å²) in [6.45, 7) is 7.55. The van der Waals surface area contributed by atoms with Crippen LogP contribution in [0.2, 0.25) is 0 Å². The van der Waals surface area contributed by atoms with Crippen molar-refractivity contribution in [1.82, 2.24) is 4.90 Å². The van der Waals surface area contributed by atoms with Crippen LogP contribution in [0.25, 0.3) is 0 Å². The Labute approximate surface area is 158 Å². The molecule has 0 aromatic heterocycles. The number of benzene rings is 1. The number of hydrogen-bond donors (Lipinski definition) is 0. The minimum absolute atomic E-state index is 0.00517. The average Bonchev–Trinajstić information content (AvgIpc) is 2.60. The van der Waals surface area contributed by atoms with Gasteiger partial charge in [-0.1, -0.05) is 43.0 Å². The molecule has 1 fully saturated rings. The molecule has 1 aromatic rings. The highest BCUT2D eigenvalue weighted by atomic mass is 32.2. The summed E-state index contributed by atoms with van der Waals surface area (Å²) >= 11 is 1.56. The molecule has 0 aliphatic carbocycles. The Morgan fingerprint density at radius 3 is 2.65 bits per heavy atom. The van der Waals surface area contributed by atoms with Crippen LogP contribution in [-0.2, 0) is 20.7 Å². The number of nitrogens with zero attached hydrogens (tertiary/aromatic N) is 2. The molecule has 1 amide bonds. The van der Waals surface area contributed by atoms with Crippen molar-refractivity contribution in [2.75, 3.05) is 5.75 Å². The number of amides is 1. The number of rotatable bonds is 4. The zero-order valence-corrected chi connectivity index (χ0v) is 16.4. The summed E-state index contributed by atoms with van der Waals surface area (Å²) in [5.41, 5.74) is 3.18. The normalized spacial score (nSPS) is 20.2. The predicted octanol–water partition coefficient (Wildman–Crippen LogP) is 3.85. The topological polar surface area (TPSA) is 59.0 Å². The summed E-state index contributed by atoms with van der Waals surface area (Å²) in [4.78, 5) is 31.7. The summed E-state index contributed by atoms with van der Waals surface area (Å²) in [5, 5.41) is 0.671. The van der Waals surface area contributed by atoms with E-state index in [0.29, 0.717) is 28.6 Å². The van der Waals surface area contributed by atoms with Crippen LogP contribution in [0.4, 0.5) is 0 Å². The van der Waals surface area contributed by atoms with Gasteiger partial charge in [0.1, 0.15) is 0 Å². The minimum Gasteiger partial charge on any atom is -0.459 e. The van der Waals surface area contributed by atoms with E-state index in [4.69, 9.17) is 4.74 Å². The first kappa shape index (κ1) is 18.7. The number of amidine groups is 1. The fourth-order valence-electron chi connectivity index (χ4n) is 3.19. The molecule has 6 heteroatoms. The summed E-state index contributed by atoms with van der Waals surface area (Å²) in [5.74, 6) is 0.303. The average molecular weight is 372 g/mol. The van der Waals surface area contributed by atoms with Crippen LogP contribution in [0.3, 0.4) is 0 Å². The van der Waals surface area contributed by atoms with E-state index in [0.717, 1.165) is 12.0 Å². The second-order valence-electron chi connectivity index (χ2n) is 6.71. The van der Waals surface area contributed by atoms with E-state index in [1.54, 1.807) is 16.7 Å². The van der Waals surface area contributed by atoms with Crippen molar-refractivity contribution in [1.29, 1.82) is 0 Å². The molecule has 1 unspecified atom stereocenters. The number of allylic oxidation sites excluding steroid dienone is 1. The molecular weight excluding hydrogens is 348 g/mol. The Kier molecular flexibility index (Phi) is 5.51. The van der Waals surface area contributed by atoms with Crippen LogP contribution in [0, 0.1) is 0 Å². The predicted molar refractivity (Wildman–Crippen MR) is 104 cm³/mol. The van der Waals surface area contributed by atoms with Crippen molar-refractivity contribution in [3.05, 3.63) is 46.7 Å². The SMILES string of the molecule is CCc1ccc(C2C(C(=O)OC(C)C)=C(C)N=C3SCCC(=O)N32)cc1. The van der Waals surface area contributed by atoms with Crippen LogP contribution in [0.5, 0.6) is 0 Å². The lowest BCUT2D eigenvalue weighted by molar-refractivity contribution is -0.143. The zero-order chi connectivity index (χ0) is 18.8. The Morgan fingerprint density at radius 2 is 2.04 bits per heavy atom. The molecule has 2 aliphatic rings. The quantitative estimate of drug-likeness (QED) is 0.753. The molecule has 138 valence electrons. The van der Waals surface area contributed by atoms with E-state index in [1.807, 2.05) is 45.0 Å². The highest BCUT2D eigenvalue weighted by Crippen LogP contribution is 2.40. The monoisotopic (exact) mass is 372 g/mol. The summed E-state index contributed by atoms with van der Waals surface area (Å²) < 4.78 is 5.46. The second-order valence-corrected chi connectivity index (χ2v) is 7.77. The number of esters is 1. The maximum Gasteiger partial charge on any atom is 0.338 e. The minimum atomic E-state index is -0.486. The summed E-state index contributed by atoms with van der Waals surface area (Å²) in [6, 6.07) is 7.59. The van der Waals surface area contributed by atoms with Crippen LogP contribution in [-0.4, -0.2) is 33.8 Å². The Morgan fingerprint density at radius 1 is 1.35 bits per heavy atom. The number of carbonyl (C=O) groups excluding carboxylic acids is 2. The van der Waals surface area contributed by atoms with E-state index in [2.05, 4.69) is 11.9 Å². The van der Waals surface area contributed by atoms with Crippen molar-refractivity contribution >= 4 is 28.8 Å². The highest BCUT2D eigenvalue weighted by molar-refractivity contribution is 8.14. The van der Waals surface area contributed by atoms with Gasteiger partial charge in [-0.15, -0.1) is 0 Å². The third-order valence-corrected chi connectivity index (χ3v) is 5.43. The van der Waals surface area contributed by atoms with Crippen molar-refractivity contribution in [2.24, 2.45) is 4.99 Å². The number of thioether (sulfide) groups is 1. The molecule has 1 saturated heterocycles. The van der Waals surface area contributed by atoms with Crippen LogP contribution in [0.1, 0.15) is 51.3 Å². The lowest BCUT2D eigenvalue weighted by Gasteiger charge is -2.39. The number of aryl methyl sites for hydroxylation is 1. The largest absolute Gasteiger partial charge is 0.459 e. The van der Waals surface area contributed by atoms with Crippen LogP contribution >= 0.6 is 11.8 Å². The Balaban J connectivity index is 2.11. The van der Waals surface area contributed by atoms with Crippen LogP contribution < -0.4 is 0 Å². The van der Waals surface area contributed by atoms with Crippen molar-refractivity contribution < 1.29 is 14.3 Å². The fraction of sp³-hybridized carbons (Fsp3) is 0.450. The van der Waals surface area contributed by atoms with E-state index in [1.165, 1.54) is 5.56 Å². The van der Waals surface area contributed by atoms with Gasteiger partial charge in [0.05, 0.1) is 23.4 Å². The third-order valence-electron chi connectivity index (χ3n) is 4.47. The van der Waals surface area contributed by atoms with Crippen molar-refractivity contribution in [3.63, 3.8) is 0 Å². The molecule has 26 heavy (non-hydrogen) atoms. The van der Waals surface area contributed by atoms with Gasteiger partial charge in [-0.25, -0.2) is 9.79 Å². The first-order valence-corrected chi connectivity index (χ1v) is 9.95. The molecule has 0 N–H and O–H groups in total. The number of fused-ring (bicyclic) bond motifs is 1. The van der Waals surface area contributed by atoms with Gasteiger partial charge in [0, 0.05) is 12.2 Å². The maximum atomic E-state index is 12.8. The molecule has 1 atom stereocenters. The number of carbonyl (C=O) groups is 2. The lowest BCUT2D eigenvalue weighted by Crippen LogP contribution is -2.46. The van der Waals surface area contributed by atoms with Gasteiger partial charge in [-0.3, -0.25) is 9.69 Å². The summed E-state index contributed by atoms with van der Waals surface area (Å²) in [7, 11) is 0. The first-order chi connectivity index (χ1) is 12.4. The van der Waals surface area contributed by atoms with E-state index < -0.39 is 12.0 Å². The van der Waals surface area contributed by atoms with Gasteiger partial charge in [0.2, 0.25) is 5.91 Å². The van der Waals surface area contributed by atoms with E-state index in [-0.39, 0.29) is 12.0 Å². The van der Waals surface area contributed by atoms with Gasteiger partial charge >= 0.3 is 5.97 Å². The smallest absolute Gasteiger partial charge is 0.338 e. The number of aliphatic imine (C=N–C) groups is 1. The molecule has 2 aliphatic heterocycles. The third kappa shape index (κ3) is 3.56. The molecule has 0 radical (unpaired) electrons. The van der Waals surface area contributed by atoms with Gasteiger partial charge < -0.3 is 4.74 Å². The molecule has 0 bridgehead atoms. The van der Waals surface area contributed by atoms with E-state index >= 15 is 0 Å². The van der Waals surface area contributed by atoms with Crippen molar-refractivity contribution in [3.8, 4) is 0 Å². The van der Waals surface area contributed by atoms with Gasteiger partial charge in [0.25, 0.3) is 0 Å². The van der Waals surface area contributed by atoms with Crippen molar-refractivity contribution in [2.45, 2.75) is 52.7 Å². The number of ether oxygens (including phenoxy) is 1. The highest BCUT2D eigenvalue weighted by Gasteiger charge is 2.41. The first-order valence-electron chi connectivity index (χ1n) is 8.96. The molecule has 5 nitrogen and oxygen atoms in total. The van der Waals surface area contributed by atoms with Gasteiger partial charge in [-0.05, 0) is 38.3 Å². The second kappa shape index (κ2) is 7.66. The molecule has 2 heterocycles. The molecule has 0 spiro atoms. The maximum absolute atomic E-state index is 12.8. The fourth-order valence-corrected chi connectivity index (χ4v) is 4.19. The molecule has 3 rings (SSSR count). The Bertz CT molecular complexity index is 781. The molecule has 0 saturated carbocycles. The lowest BCUT2D eigenvalue weighted by atomic mass is 9.93. The van der Waals surface area contributed by atoms with Gasteiger partial charge in [-0.2, -0.15) is 0 Å². The van der Waals surface area contributed by atoms with Crippen LogP contribution in [0.15, 0.2) is 40.5 Å². The Hall–Kier alpha value is -2.08.